The molecule has 0 unspecified atom stereocenters. The number of hydrogen-bond acceptors (Lipinski definition) is 2. The lowest BCUT2D eigenvalue weighted by Crippen LogP contribution is -2.27. The van der Waals surface area contributed by atoms with E-state index in [4.69, 9.17) is 10.5 Å². The number of nitrogens with one attached hydrogen (secondary N) is 1. The Labute approximate surface area is 132 Å². The topological polar surface area (TPSA) is 59.6 Å². The first-order chi connectivity index (χ1) is 10.5. The molecule has 0 saturated carbocycles. The molecule has 4 nitrogen and oxygen atoms in total. The summed E-state index contributed by atoms with van der Waals surface area (Å²) in [6.45, 7) is 4.93. The van der Waals surface area contributed by atoms with Gasteiger partial charge in [-0.1, -0.05) is 50.2 Å². The molecule has 116 valence electrons. The fourth-order valence-corrected chi connectivity index (χ4v) is 2.15. The van der Waals surface area contributed by atoms with E-state index in [9.17, 15) is 0 Å². The second-order valence-corrected chi connectivity index (χ2v) is 5.81. The molecule has 0 fully saturated rings. The fourth-order valence-electron chi connectivity index (χ4n) is 2.15. The van der Waals surface area contributed by atoms with E-state index in [0.29, 0.717) is 12.5 Å². The van der Waals surface area contributed by atoms with Crippen molar-refractivity contribution < 1.29 is 4.74 Å². The Morgan fingerprint density at radius 3 is 2.55 bits per heavy atom. The Balaban J connectivity index is 2.03. The Kier molecular flexibility index (Phi) is 5.04. The van der Waals surface area contributed by atoms with E-state index in [1.54, 1.807) is 7.11 Å². The van der Waals surface area contributed by atoms with Crippen LogP contribution >= 0.6 is 0 Å². The second-order valence-electron chi connectivity index (χ2n) is 5.81. The number of hydrogen-bond donors (Lipinski definition) is 2. The number of ether oxygens (including phenoxy) is 1. The van der Waals surface area contributed by atoms with Crippen molar-refractivity contribution in [2.45, 2.75) is 19.3 Å². The molecule has 4 heteroatoms. The summed E-state index contributed by atoms with van der Waals surface area (Å²) >= 11 is 0. The third kappa shape index (κ3) is 4.25. The van der Waals surface area contributed by atoms with Crippen LogP contribution in [0.4, 0.5) is 5.69 Å². The average Bonchev–Trinajstić information content (AvgIpc) is 2.54. The maximum atomic E-state index is 5.98. The summed E-state index contributed by atoms with van der Waals surface area (Å²) in [5, 5.41) is 3.09. The SMILES string of the molecule is COc1cccc(NC(N)=NCC(C)(C)c2ccccc2)c1. The van der Waals surface area contributed by atoms with Crippen LogP contribution in [-0.2, 0) is 5.41 Å². The average molecular weight is 297 g/mol. The van der Waals surface area contributed by atoms with Gasteiger partial charge in [-0.25, -0.2) is 0 Å². The highest BCUT2D eigenvalue weighted by molar-refractivity contribution is 5.92. The molecule has 0 aliphatic rings. The lowest BCUT2D eigenvalue weighted by atomic mass is 9.85. The summed E-state index contributed by atoms with van der Waals surface area (Å²) < 4.78 is 5.19. The van der Waals surface area contributed by atoms with Gasteiger partial charge in [-0.15, -0.1) is 0 Å². The summed E-state index contributed by atoms with van der Waals surface area (Å²) in [5.41, 5.74) is 8.02. The number of benzene rings is 2. The van der Waals surface area contributed by atoms with Gasteiger partial charge in [-0.05, 0) is 17.7 Å². The third-order valence-corrected chi connectivity index (χ3v) is 3.54. The smallest absolute Gasteiger partial charge is 0.193 e. The van der Waals surface area contributed by atoms with Crippen molar-refractivity contribution in [3.63, 3.8) is 0 Å². The summed E-state index contributed by atoms with van der Waals surface area (Å²) in [6, 6.07) is 17.9. The van der Waals surface area contributed by atoms with Crippen LogP contribution in [-0.4, -0.2) is 19.6 Å². The second kappa shape index (κ2) is 6.98. The number of nitrogens with zero attached hydrogens (tertiary/aromatic N) is 1. The van der Waals surface area contributed by atoms with Crippen LogP contribution in [0, 0.1) is 0 Å². The Morgan fingerprint density at radius 1 is 1.14 bits per heavy atom. The maximum absolute atomic E-state index is 5.98. The van der Waals surface area contributed by atoms with Gasteiger partial charge in [0.15, 0.2) is 5.96 Å². The van der Waals surface area contributed by atoms with Crippen molar-refractivity contribution >= 4 is 11.6 Å². The van der Waals surface area contributed by atoms with E-state index in [-0.39, 0.29) is 5.41 Å². The van der Waals surface area contributed by atoms with E-state index in [2.05, 4.69) is 36.3 Å². The Bertz CT molecular complexity index is 636. The van der Waals surface area contributed by atoms with Crippen LogP contribution in [0.25, 0.3) is 0 Å². The zero-order chi connectivity index (χ0) is 16.0. The minimum absolute atomic E-state index is 0.0675. The molecule has 0 aromatic heterocycles. The van der Waals surface area contributed by atoms with Gasteiger partial charge in [0.1, 0.15) is 5.75 Å². The number of nitrogens with two attached hydrogens (primary N) is 1. The Hall–Kier alpha value is -2.49. The van der Waals surface area contributed by atoms with Crippen molar-refractivity contribution in [2.24, 2.45) is 10.7 Å². The number of guanidine groups is 1. The molecule has 0 atom stereocenters. The zero-order valence-corrected chi connectivity index (χ0v) is 13.3. The molecule has 0 aliphatic carbocycles. The van der Waals surface area contributed by atoms with Crippen molar-refractivity contribution in [1.29, 1.82) is 0 Å². The molecule has 2 rings (SSSR count). The number of rotatable bonds is 5. The van der Waals surface area contributed by atoms with Crippen molar-refractivity contribution in [1.82, 2.24) is 0 Å². The molecule has 0 bridgehead atoms. The minimum atomic E-state index is -0.0675. The molecule has 0 heterocycles. The number of aliphatic imine (C=N–C) groups is 1. The molecular weight excluding hydrogens is 274 g/mol. The van der Waals surface area contributed by atoms with Crippen LogP contribution in [0.2, 0.25) is 0 Å². The molecule has 0 radical (unpaired) electrons. The third-order valence-electron chi connectivity index (χ3n) is 3.54. The van der Waals surface area contributed by atoms with Gasteiger partial charge in [-0.2, -0.15) is 0 Å². The quantitative estimate of drug-likeness (QED) is 0.657. The van der Waals surface area contributed by atoms with Crippen LogP contribution in [0.15, 0.2) is 59.6 Å². The molecular formula is C18H23N3O. The van der Waals surface area contributed by atoms with Crippen LogP contribution in [0.3, 0.4) is 0 Å². The van der Waals surface area contributed by atoms with Gasteiger partial charge in [0, 0.05) is 17.2 Å². The minimum Gasteiger partial charge on any atom is -0.497 e. The van der Waals surface area contributed by atoms with Crippen molar-refractivity contribution in [3.8, 4) is 5.75 Å². The monoisotopic (exact) mass is 297 g/mol. The zero-order valence-electron chi connectivity index (χ0n) is 13.3. The molecule has 0 saturated heterocycles. The van der Waals surface area contributed by atoms with Crippen LogP contribution in [0.1, 0.15) is 19.4 Å². The molecule has 2 aromatic carbocycles. The predicted molar refractivity (Wildman–Crippen MR) is 92.6 cm³/mol. The summed E-state index contributed by atoms with van der Waals surface area (Å²) in [4.78, 5) is 4.47. The summed E-state index contributed by atoms with van der Waals surface area (Å²) in [6.07, 6.45) is 0. The first-order valence-corrected chi connectivity index (χ1v) is 7.28. The molecule has 3 N–H and O–H groups in total. The van der Waals surface area contributed by atoms with Gasteiger partial charge < -0.3 is 15.8 Å². The van der Waals surface area contributed by atoms with E-state index in [1.165, 1.54) is 5.56 Å². The van der Waals surface area contributed by atoms with Crippen LogP contribution < -0.4 is 15.8 Å². The van der Waals surface area contributed by atoms with Crippen molar-refractivity contribution in [2.75, 3.05) is 19.0 Å². The fraction of sp³-hybridized carbons (Fsp3) is 0.278. The number of anilines is 1. The van der Waals surface area contributed by atoms with Gasteiger partial charge >= 0.3 is 0 Å². The van der Waals surface area contributed by atoms with Gasteiger partial charge in [0.25, 0.3) is 0 Å². The molecule has 0 aliphatic heterocycles. The highest BCUT2D eigenvalue weighted by Crippen LogP contribution is 2.23. The molecule has 0 spiro atoms. The van der Waals surface area contributed by atoms with E-state index >= 15 is 0 Å². The predicted octanol–water partition coefficient (Wildman–Crippen LogP) is 3.40. The summed E-state index contributed by atoms with van der Waals surface area (Å²) in [5.74, 6) is 1.18. The standard InChI is InChI=1S/C18H23N3O/c1-18(2,14-8-5-4-6-9-14)13-20-17(19)21-15-10-7-11-16(12-15)22-3/h4-12H,13H2,1-3H3,(H3,19,20,21). The first kappa shape index (κ1) is 15.9. The lowest BCUT2D eigenvalue weighted by Gasteiger charge is -2.23. The Morgan fingerprint density at radius 2 is 1.86 bits per heavy atom. The largest absolute Gasteiger partial charge is 0.497 e. The normalized spacial score (nSPS) is 12.0. The van der Waals surface area contributed by atoms with Gasteiger partial charge in [-0.3, -0.25) is 4.99 Å². The summed E-state index contributed by atoms with van der Waals surface area (Å²) in [7, 11) is 1.64. The lowest BCUT2D eigenvalue weighted by molar-refractivity contribution is 0.415. The van der Waals surface area contributed by atoms with Crippen LogP contribution in [0.5, 0.6) is 5.75 Å². The highest BCUT2D eigenvalue weighted by Gasteiger charge is 2.19. The van der Waals surface area contributed by atoms with Gasteiger partial charge in [0.2, 0.25) is 0 Å². The number of methoxy groups -OCH3 is 1. The van der Waals surface area contributed by atoms with E-state index in [1.807, 2.05) is 42.5 Å². The molecule has 2 aromatic rings. The van der Waals surface area contributed by atoms with Crippen molar-refractivity contribution in [3.05, 3.63) is 60.2 Å². The maximum Gasteiger partial charge on any atom is 0.193 e. The van der Waals surface area contributed by atoms with E-state index < -0.39 is 0 Å². The molecule has 0 amide bonds. The van der Waals surface area contributed by atoms with E-state index in [0.717, 1.165) is 11.4 Å². The molecule has 22 heavy (non-hydrogen) atoms. The first-order valence-electron chi connectivity index (χ1n) is 7.28. The highest BCUT2D eigenvalue weighted by atomic mass is 16.5. The van der Waals surface area contributed by atoms with Gasteiger partial charge in [0.05, 0.1) is 13.7 Å².